The third kappa shape index (κ3) is 1.73. The molecule has 2 N–H and O–H groups in total. The van der Waals surface area contributed by atoms with Crippen LogP contribution in [0, 0.1) is 0 Å². The van der Waals surface area contributed by atoms with E-state index >= 15 is 0 Å². The molecule has 0 bridgehead atoms. The SMILES string of the molecule is CN1C(=O)COc2ccc(NCO)cc21. The zero-order valence-electron chi connectivity index (χ0n) is 8.36. The molecule has 0 aliphatic carbocycles. The van der Waals surface area contributed by atoms with E-state index in [0.29, 0.717) is 11.4 Å². The highest BCUT2D eigenvalue weighted by molar-refractivity contribution is 5.97. The Morgan fingerprint density at radius 2 is 2.40 bits per heavy atom. The summed E-state index contributed by atoms with van der Waals surface area (Å²) >= 11 is 0. The normalized spacial score (nSPS) is 14.5. The molecular weight excluding hydrogens is 196 g/mol. The molecule has 1 aromatic rings. The Morgan fingerprint density at radius 1 is 1.60 bits per heavy atom. The smallest absolute Gasteiger partial charge is 0.264 e. The zero-order valence-corrected chi connectivity index (χ0v) is 8.36. The maximum absolute atomic E-state index is 11.4. The molecule has 5 heteroatoms. The molecule has 15 heavy (non-hydrogen) atoms. The van der Waals surface area contributed by atoms with Gasteiger partial charge in [0.2, 0.25) is 0 Å². The van der Waals surface area contributed by atoms with Crippen molar-refractivity contribution in [1.82, 2.24) is 0 Å². The largest absolute Gasteiger partial charge is 0.482 e. The first kappa shape index (κ1) is 9.79. The number of carbonyl (C=O) groups excluding carboxylic acids is 1. The second-order valence-corrected chi connectivity index (χ2v) is 3.26. The van der Waals surface area contributed by atoms with Gasteiger partial charge >= 0.3 is 0 Å². The number of nitrogens with zero attached hydrogens (tertiary/aromatic N) is 1. The van der Waals surface area contributed by atoms with E-state index in [2.05, 4.69) is 5.32 Å². The molecular formula is C10H12N2O3. The fourth-order valence-corrected chi connectivity index (χ4v) is 1.47. The van der Waals surface area contributed by atoms with E-state index in [0.717, 1.165) is 5.69 Å². The van der Waals surface area contributed by atoms with Crippen LogP contribution in [-0.4, -0.2) is 31.4 Å². The van der Waals surface area contributed by atoms with E-state index in [-0.39, 0.29) is 19.2 Å². The molecule has 0 fully saturated rings. The summed E-state index contributed by atoms with van der Waals surface area (Å²) in [5, 5.41) is 11.5. The molecule has 0 radical (unpaired) electrons. The fraction of sp³-hybridized carbons (Fsp3) is 0.300. The standard InChI is InChI=1S/C10H12N2O3/c1-12-8-4-7(11-6-13)2-3-9(8)15-5-10(12)14/h2-4,11,13H,5-6H2,1H3. The van der Waals surface area contributed by atoms with Crippen LogP contribution in [0.4, 0.5) is 11.4 Å². The van der Waals surface area contributed by atoms with Crippen LogP contribution in [0.2, 0.25) is 0 Å². The minimum absolute atomic E-state index is 0.0796. The van der Waals surface area contributed by atoms with Gasteiger partial charge in [-0.25, -0.2) is 0 Å². The number of hydrogen-bond donors (Lipinski definition) is 2. The summed E-state index contributed by atoms with van der Waals surface area (Å²) < 4.78 is 5.26. The first-order valence-corrected chi connectivity index (χ1v) is 4.60. The number of rotatable bonds is 2. The van der Waals surface area contributed by atoms with Crippen LogP contribution in [0.25, 0.3) is 0 Å². The number of aliphatic hydroxyl groups is 1. The van der Waals surface area contributed by atoms with Crippen molar-refractivity contribution in [3.63, 3.8) is 0 Å². The highest BCUT2D eigenvalue weighted by Gasteiger charge is 2.21. The number of anilines is 2. The topological polar surface area (TPSA) is 61.8 Å². The molecule has 0 unspecified atom stereocenters. The average Bonchev–Trinajstić information content (AvgIpc) is 2.25. The lowest BCUT2D eigenvalue weighted by Gasteiger charge is -2.26. The van der Waals surface area contributed by atoms with Crippen LogP contribution in [0.5, 0.6) is 5.75 Å². The highest BCUT2D eigenvalue weighted by Crippen LogP contribution is 2.33. The van der Waals surface area contributed by atoms with Crippen LogP contribution < -0.4 is 15.0 Å². The Balaban J connectivity index is 2.36. The van der Waals surface area contributed by atoms with E-state index in [1.54, 1.807) is 30.1 Å². The molecule has 5 nitrogen and oxygen atoms in total. The maximum atomic E-state index is 11.4. The molecule has 0 spiro atoms. The minimum Gasteiger partial charge on any atom is -0.482 e. The quantitative estimate of drug-likeness (QED) is 0.691. The summed E-state index contributed by atoms with van der Waals surface area (Å²) in [6.07, 6.45) is 0. The lowest BCUT2D eigenvalue weighted by molar-refractivity contribution is -0.120. The van der Waals surface area contributed by atoms with Crippen molar-refractivity contribution in [1.29, 1.82) is 0 Å². The van der Waals surface area contributed by atoms with Gasteiger partial charge in [-0.3, -0.25) is 4.79 Å². The monoisotopic (exact) mass is 208 g/mol. The molecule has 1 heterocycles. The first-order chi connectivity index (χ1) is 7.22. The molecule has 0 aromatic heterocycles. The van der Waals surface area contributed by atoms with Gasteiger partial charge in [-0.05, 0) is 18.2 Å². The fourth-order valence-electron chi connectivity index (χ4n) is 1.47. The first-order valence-electron chi connectivity index (χ1n) is 4.60. The highest BCUT2D eigenvalue weighted by atomic mass is 16.5. The third-order valence-corrected chi connectivity index (χ3v) is 2.33. The van der Waals surface area contributed by atoms with Crippen LogP contribution in [0.3, 0.4) is 0 Å². The van der Waals surface area contributed by atoms with Crippen LogP contribution in [-0.2, 0) is 4.79 Å². The number of amides is 1. The lowest BCUT2D eigenvalue weighted by Crippen LogP contribution is -2.35. The molecule has 1 aliphatic heterocycles. The molecule has 0 saturated heterocycles. The summed E-state index contributed by atoms with van der Waals surface area (Å²) in [5.74, 6) is 0.601. The van der Waals surface area contributed by atoms with Crippen molar-refractivity contribution in [3.8, 4) is 5.75 Å². The van der Waals surface area contributed by atoms with E-state index < -0.39 is 0 Å². The second kappa shape index (κ2) is 3.78. The van der Waals surface area contributed by atoms with E-state index in [9.17, 15) is 4.79 Å². The van der Waals surface area contributed by atoms with Gasteiger partial charge in [0.05, 0.1) is 5.69 Å². The molecule has 1 aromatic carbocycles. The minimum atomic E-state index is -0.142. The molecule has 1 aliphatic rings. The van der Waals surface area contributed by atoms with E-state index in [1.165, 1.54) is 0 Å². The number of benzene rings is 1. The summed E-state index contributed by atoms with van der Waals surface area (Å²) in [5.41, 5.74) is 1.46. The third-order valence-electron chi connectivity index (χ3n) is 2.33. The van der Waals surface area contributed by atoms with E-state index in [1.807, 2.05) is 0 Å². The number of hydrogen-bond acceptors (Lipinski definition) is 4. The molecule has 80 valence electrons. The van der Waals surface area contributed by atoms with Crippen molar-refractivity contribution in [2.24, 2.45) is 0 Å². The predicted molar refractivity (Wildman–Crippen MR) is 56.1 cm³/mol. The van der Waals surface area contributed by atoms with Gasteiger partial charge in [-0.2, -0.15) is 0 Å². The summed E-state index contributed by atoms with van der Waals surface area (Å²) in [6, 6.07) is 5.33. The number of nitrogens with one attached hydrogen (secondary N) is 1. The van der Waals surface area contributed by atoms with Gasteiger partial charge in [-0.1, -0.05) is 0 Å². The van der Waals surface area contributed by atoms with Gasteiger partial charge in [0.25, 0.3) is 5.91 Å². The summed E-state index contributed by atoms with van der Waals surface area (Å²) in [7, 11) is 1.70. The molecule has 2 rings (SSSR count). The van der Waals surface area contributed by atoms with Crippen LogP contribution in [0.15, 0.2) is 18.2 Å². The van der Waals surface area contributed by atoms with Crippen molar-refractivity contribution >= 4 is 17.3 Å². The maximum Gasteiger partial charge on any atom is 0.264 e. The number of fused-ring (bicyclic) bond motifs is 1. The Morgan fingerprint density at radius 3 is 3.13 bits per heavy atom. The molecule has 0 atom stereocenters. The van der Waals surface area contributed by atoms with Gasteiger partial charge in [0.1, 0.15) is 12.5 Å². The average molecular weight is 208 g/mol. The summed E-state index contributed by atoms with van der Waals surface area (Å²) in [6.45, 7) is -0.0619. The molecule has 0 saturated carbocycles. The van der Waals surface area contributed by atoms with Gasteiger partial charge in [0, 0.05) is 12.7 Å². The van der Waals surface area contributed by atoms with Gasteiger partial charge in [-0.15, -0.1) is 0 Å². The Kier molecular flexibility index (Phi) is 2.47. The molecule has 1 amide bonds. The van der Waals surface area contributed by atoms with Crippen LogP contribution in [0.1, 0.15) is 0 Å². The number of ether oxygens (including phenoxy) is 1. The Bertz CT molecular complexity index is 392. The lowest BCUT2D eigenvalue weighted by atomic mass is 10.2. The van der Waals surface area contributed by atoms with Crippen molar-refractivity contribution < 1.29 is 14.6 Å². The number of likely N-dealkylation sites (N-methyl/N-ethyl adjacent to an activating group) is 1. The Labute approximate surface area is 87.3 Å². The summed E-state index contributed by atoms with van der Waals surface area (Å²) in [4.78, 5) is 12.9. The van der Waals surface area contributed by atoms with Crippen molar-refractivity contribution in [3.05, 3.63) is 18.2 Å². The van der Waals surface area contributed by atoms with Crippen molar-refractivity contribution in [2.75, 3.05) is 30.6 Å². The second-order valence-electron chi connectivity index (χ2n) is 3.26. The number of aliphatic hydroxyl groups excluding tert-OH is 1. The number of carbonyl (C=O) groups is 1. The van der Waals surface area contributed by atoms with E-state index in [4.69, 9.17) is 9.84 Å². The Hall–Kier alpha value is -1.75. The van der Waals surface area contributed by atoms with Crippen molar-refractivity contribution in [2.45, 2.75) is 0 Å². The van der Waals surface area contributed by atoms with Gasteiger partial charge < -0.3 is 20.1 Å². The van der Waals surface area contributed by atoms with Crippen LogP contribution >= 0.6 is 0 Å². The predicted octanol–water partition coefficient (Wildman–Crippen LogP) is 0.403. The van der Waals surface area contributed by atoms with Gasteiger partial charge in [0.15, 0.2) is 6.61 Å². The zero-order chi connectivity index (χ0) is 10.8.